The maximum absolute atomic E-state index is 13.2. The van der Waals surface area contributed by atoms with E-state index >= 15 is 0 Å². The number of nitrogens with zero attached hydrogens (tertiary/aromatic N) is 3. The molecule has 1 fully saturated rings. The number of benzene rings is 2. The first kappa shape index (κ1) is 24.2. The Kier molecular flexibility index (Phi) is 7.48. The van der Waals surface area contributed by atoms with Crippen LogP contribution in [0.1, 0.15) is 54.4 Å². The Morgan fingerprint density at radius 2 is 1.76 bits per heavy atom. The lowest BCUT2D eigenvalue weighted by Gasteiger charge is -2.28. The topological polar surface area (TPSA) is 113 Å². The summed E-state index contributed by atoms with van der Waals surface area (Å²) < 4.78 is 0. The molecule has 0 saturated heterocycles. The Bertz CT molecular complexity index is 1120. The second-order valence-electron chi connectivity index (χ2n) is 8.82. The van der Waals surface area contributed by atoms with Crippen LogP contribution in [0.4, 0.5) is 5.69 Å². The smallest absolute Gasteiger partial charge is 0.258 e. The van der Waals surface area contributed by atoms with E-state index in [0.717, 1.165) is 31.2 Å². The number of tetrazole rings is 1. The zero-order chi connectivity index (χ0) is 24.1. The zero-order valence-electron chi connectivity index (χ0n) is 18.8. The van der Waals surface area contributed by atoms with Crippen molar-refractivity contribution in [1.29, 1.82) is 0 Å². The van der Waals surface area contributed by atoms with Crippen molar-refractivity contribution in [3.05, 3.63) is 69.5 Å². The molecule has 1 aromatic heterocycles. The summed E-state index contributed by atoms with van der Waals surface area (Å²) in [5, 5.41) is 20.7. The lowest BCUT2D eigenvalue weighted by molar-refractivity contribution is -0.131. The molecule has 10 heteroatoms. The number of amides is 2. The molecule has 1 unspecified atom stereocenters. The lowest BCUT2D eigenvalue weighted by atomic mass is 9.81. The van der Waals surface area contributed by atoms with Crippen LogP contribution in [-0.2, 0) is 17.6 Å². The van der Waals surface area contributed by atoms with Crippen molar-refractivity contribution in [2.24, 2.45) is 5.41 Å². The number of nitrogens with one attached hydrogen (secondary N) is 3. The van der Waals surface area contributed by atoms with Gasteiger partial charge in [-0.2, -0.15) is 5.21 Å². The van der Waals surface area contributed by atoms with Gasteiger partial charge in [0.2, 0.25) is 5.91 Å². The number of H-pyrrole nitrogens is 1. The Labute approximate surface area is 207 Å². The third-order valence-corrected chi connectivity index (χ3v) is 6.88. The fraction of sp³-hybridized carbons (Fsp3) is 0.375. The number of aromatic nitrogens is 4. The van der Waals surface area contributed by atoms with Crippen LogP contribution in [0.3, 0.4) is 0 Å². The van der Waals surface area contributed by atoms with Gasteiger partial charge in [0, 0.05) is 18.2 Å². The fourth-order valence-electron chi connectivity index (χ4n) is 4.51. The predicted octanol–water partition coefficient (Wildman–Crippen LogP) is 4.61. The molecule has 2 aromatic carbocycles. The molecule has 1 atom stereocenters. The van der Waals surface area contributed by atoms with Crippen LogP contribution < -0.4 is 10.6 Å². The van der Waals surface area contributed by atoms with Crippen LogP contribution in [0, 0.1) is 5.41 Å². The van der Waals surface area contributed by atoms with Gasteiger partial charge in [-0.25, -0.2) is 0 Å². The molecule has 1 saturated carbocycles. The Hall–Kier alpha value is -2.97. The molecule has 1 aliphatic rings. The summed E-state index contributed by atoms with van der Waals surface area (Å²) in [6.07, 6.45) is 4.84. The van der Waals surface area contributed by atoms with Crippen LogP contribution in [0.2, 0.25) is 10.0 Å². The summed E-state index contributed by atoms with van der Waals surface area (Å²) in [7, 11) is 0. The monoisotopic (exact) mass is 500 g/mol. The van der Waals surface area contributed by atoms with Gasteiger partial charge in [-0.1, -0.05) is 59.5 Å². The second-order valence-corrected chi connectivity index (χ2v) is 9.63. The van der Waals surface area contributed by atoms with E-state index in [0.29, 0.717) is 34.4 Å². The van der Waals surface area contributed by atoms with Gasteiger partial charge < -0.3 is 10.6 Å². The summed E-state index contributed by atoms with van der Waals surface area (Å²) in [6, 6.07) is 12.4. The average Bonchev–Trinajstić information content (AvgIpc) is 3.48. The van der Waals surface area contributed by atoms with Crippen molar-refractivity contribution < 1.29 is 9.59 Å². The van der Waals surface area contributed by atoms with Crippen LogP contribution in [-0.4, -0.2) is 38.5 Å². The summed E-state index contributed by atoms with van der Waals surface area (Å²) >= 11 is 12.2. The Morgan fingerprint density at radius 3 is 2.38 bits per heavy atom. The van der Waals surface area contributed by atoms with Crippen molar-refractivity contribution in [1.82, 2.24) is 25.9 Å². The van der Waals surface area contributed by atoms with E-state index in [1.165, 1.54) is 0 Å². The van der Waals surface area contributed by atoms with E-state index in [9.17, 15) is 9.59 Å². The van der Waals surface area contributed by atoms with Gasteiger partial charge in [0.15, 0.2) is 5.82 Å². The minimum absolute atomic E-state index is 0.0443. The van der Waals surface area contributed by atoms with E-state index in [2.05, 4.69) is 31.3 Å². The van der Waals surface area contributed by atoms with Crippen LogP contribution >= 0.6 is 23.2 Å². The second kappa shape index (κ2) is 10.5. The van der Waals surface area contributed by atoms with Crippen LogP contribution in [0.5, 0.6) is 0 Å². The fourth-order valence-corrected chi connectivity index (χ4v) is 5.08. The van der Waals surface area contributed by atoms with E-state index in [1.54, 1.807) is 18.2 Å². The third-order valence-electron chi connectivity index (χ3n) is 6.25. The van der Waals surface area contributed by atoms with Gasteiger partial charge in [0.05, 0.1) is 21.0 Å². The quantitative estimate of drug-likeness (QED) is 0.417. The first-order valence-electron chi connectivity index (χ1n) is 11.2. The molecular weight excluding hydrogens is 475 g/mol. The normalized spacial score (nSPS) is 15.6. The first-order valence-corrected chi connectivity index (χ1v) is 12.0. The third kappa shape index (κ3) is 5.56. The van der Waals surface area contributed by atoms with Gasteiger partial charge in [-0.05, 0) is 56.0 Å². The number of carbonyl (C=O) groups is 2. The Balaban J connectivity index is 1.35. The lowest BCUT2D eigenvalue weighted by Crippen LogP contribution is -2.45. The molecule has 178 valence electrons. The maximum Gasteiger partial charge on any atom is 0.258 e. The number of carbonyl (C=O) groups excluding carboxylic acids is 2. The van der Waals surface area contributed by atoms with Crippen LogP contribution in [0.15, 0.2) is 42.5 Å². The highest BCUT2D eigenvalue weighted by Crippen LogP contribution is 2.40. The molecule has 4 rings (SSSR count). The minimum atomic E-state index is -0.480. The molecule has 8 nitrogen and oxygen atoms in total. The predicted molar refractivity (Wildman–Crippen MR) is 131 cm³/mol. The summed E-state index contributed by atoms with van der Waals surface area (Å²) in [6.45, 7) is 1.99. The zero-order valence-corrected chi connectivity index (χ0v) is 20.3. The number of halogens is 2. The molecular formula is C24H26Cl2N6O2. The number of aromatic amines is 1. The summed E-state index contributed by atoms with van der Waals surface area (Å²) in [5.41, 5.74) is 1.44. The molecule has 3 N–H and O–H groups in total. The molecule has 0 bridgehead atoms. The van der Waals surface area contributed by atoms with Crippen molar-refractivity contribution in [3.63, 3.8) is 0 Å². The molecule has 2 amide bonds. The molecule has 1 aliphatic carbocycles. The van der Waals surface area contributed by atoms with Gasteiger partial charge in [0.1, 0.15) is 0 Å². The first-order chi connectivity index (χ1) is 16.4. The van der Waals surface area contributed by atoms with Crippen molar-refractivity contribution in [2.45, 2.75) is 51.5 Å². The highest BCUT2D eigenvalue weighted by molar-refractivity contribution is 6.40. The van der Waals surface area contributed by atoms with E-state index in [-0.39, 0.29) is 23.4 Å². The van der Waals surface area contributed by atoms with Crippen molar-refractivity contribution in [2.75, 3.05) is 5.32 Å². The molecule has 0 aliphatic heterocycles. The number of hydrogen-bond donors (Lipinski definition) is 3. The van der Waals surface area contributed by atoms with Gasteiger partial charge >= 0.3 is 0 Å². The number of anilines is 1. The average molecular weight is 501 g/mol. The molecule has 3 aromatic rings. The maximum atomic E-state index is 13.2. The Morgan fingerprint density at radius 1 is 1.09 bits per heavy atom. The standard InChI is InChI=1S/C24H26Cl2N6O2/c1-15(27-23(34)24(11-2-3-12-24)14-20-29-31-32-30-20)13-16-7-9-17(10-8-16)28-22(33)21-18(25)5-4-6-19(21)26/h4-10,15H,2-3,11-14H2,1H3,(H,27,34)(H,28,33)(H,29,30,31,32). The minimum Gasteiger partial charge on any atom is -0.353 e. The highest BCUT2D eigenvalue weighted by Gasteiger charge is 2.42. The summed E-state index contributed by atoms with van der Waals surface area (Å²) in [4.78, 5) is 25.8. The van der Waals surface area contributed by atoms with E-state index in [4.69, 9.17) is 23.2 Å². The SMILES string of the molecule is CC(Cc1ccc(NC(=O)c2c(Cl)cccc2Cl)cc1)NC(=O)C1(Cc2nn[nH]n2)CCCC1. The molecule has 0 radical (unpaired) electrons. The van der Waals surface area contributed by atoms with Crippen LogP contribution in [0.25, 0.3) is 0 Å². The molecule has 0 spiro atoms. The van der Waals surface area contributed by atoms with E-state index in [1.807, 2.05) is 31.2 Å². The van der Waals surface area contributed by atoms with Gasteiger partial charge in [-0.15, -0.1) is 10.2 Å². The van der Waals surface area contributed by atoms with E-state index < -0.39 is 5.41 Å². The van der Waals surface area contributed by atoms with Crippen molar-refractivity contribution >= 4 is 40.7 Å². The molecule has 1 heterocycles. The van der Waals surface area contributed by atoms with Crippen molar-refractivity contribution in [3.8, 4) is 0 Å². The highest BCUT2D eigenvalue weighted by atomic mass is 35.5. The molecule has 34 heavy (non-hydrogen) atoms. The summed E-state index contributed by atoms with van der Waals surface area (Å²) in [5.74, 6) is 0.246. The van der Waals surface area contributed by atoms with Gasteiger partial charge in [0.25, 0.3) is 5.91 Å². The number of rotatable bonds is 8. The van der Waals surface area contributed by atoms with Gasteiger partial charge in [-0.3, -0.25) is 9.59 Å². The largest absolute Gasteiger partial charge is 0.353 e. The number of hydrogen-bond acceptors (Lipinski definition) is 5.